The molecule has 1 saturated carbocycles. The topological polar surface area (TPSA) is 123 Å². The molecule has 0 radical (unpaired) electrons. The molecule has 2 aromatic carbocycles. The molecule has 1 fully saturated rings. The van der Waals surface area contributed by atoms with Crippen LogP contribution in [0.4, 0.5) is 5.69 Å². The van der Waals surface area contributed by atoms with Gasteiger partial charge in [-0.3, -0.25) is 9.59 Å². The monoisotopic (exact) mass is 473 g/mol. The van der Waals surface area contributed by atoms with Gasteiger partial charge in [0, 0.05) is 36.2 Å². The first-order valence-corrected chi connectivity index (χ1v) is 12.4. The molecule has 0 unspecified atom stereocenters. The summed E-state index contributed by atoms with van der Waals surface area (Å²) in [5.41, 5.74) is 0.787. The molecule has 1 aliphatic carbocycles. The molecular formula is C23H27N3O6S. The largest absolute Gasteiger partial charge is 0.448 e. The molecule has 1 heterocycles. The SMILES string of the molecule is CC(C)NS(=O)(=O)c1ccc(C(=O)NCC(=O)Nc2ccc3c(c2)OC2(CCCC2)O3)cc1. The zero-order valence-corrected chi connectivity index (χ0v) is 19.3. The number of nitrogens with one attached hydrogen (secondary N) is 3. The fourth-order valence-corrected chi connectivity index (χ4v) is 5.17. The molecule has 0 aromatic heterocycles. The van der Waals surface area contributed by atoms with E-state index in [1.54, 1.807) is 32.0 Å². The zero-order valence-electron chi connectivity index (χ0n) is 18.5. The lowest BCUT2D eigenvalue weighted by Gasteiger charge is -2.21. The van der Waals surface area contributed by atoms with E-state index in [0.717, 1.165) is 25.7 Å². The summed E-state index contributed by atoms with van der Waals surface area (Å²) in [7, 11) is -3.64. The summed E-state index contributed by atoms with van der Waals surface area (Å²) in [4.78, 5) is 24.7. The lowest BCUT2D eigenvalue weighted by Crippen LogP contribution is -2.34. The number of benzene rings is 2. The highest BCUT2D eigenvalue weighted by Crippen LogP contribution is 2.47. The average molecular weight is 474 g/mol. The predicted octanol–water partition coefficient (Wildman–Crippen LogP) is 2.78. The molecule has 0 bridgehead atoms. The molecule has 0 saturated heterocycles. The number of ether oxygens (including phenoxy) is 2. The Labute approximate surface area is 192 Å². The molecular weight excluding hydrogens is 446 g/mol. The molecule has 10 heteroatoms. The zero-order chi connectivity index (χ0) is 23.6. The van der Waals surface area contributed by atoms with Gasteiger partial charge in [-0.15, -0.1) is 0 Å². The van der Waals surface area contributed by atoms with Crippen LogP contribution in [0.3, 0.4) is 0 Å². The van der Waals surface area contributed by atoms with Crippen molar-refractivity contribution in [3.8, 4) is 11.5 Å². The van der Waals surface area contributed by atoms with Crippen LogP contribution < -0.4 is 24.8 Å². The fourth-order valence-electron chi connectivity index (χ4n) is 3.92. The Kier molecular flexibility index (Phi) is 6.31. The van der Waals surface area contributed by atoms with Crippen LogP contribution in [0.5, 0.6) is 11.5 Å². The summed E-state index contributed by atoms with van der Waals surface area (Å²) in [5.74, 6) is -0.200. The van der Waals surface area contributed by atoms with Crippen LogP contribution in [0, 0.1) is 0 Å². The highest BCUT2D eigenvalue weighted by molar-refractivity contribution is 7.89. The van der Waals surface area contributed by atoms with E-state index in [2.05, 4.69) is 15.4 Å². The normalized spacial score (nSPS) is 16.2. The third-order valence-electron chi connectivity index (χ3n) is 5.41. The van der Waals surface area contributed by atoms with Gasteiger partial charge in [0.15, 0.2) is 11.5 Å². The number of fused-ring (bicyclic) bond motifs is 1. The fraction of sp³-hybridized carbons (Fsp3) is 0.391. The smallest absolute Gasteiger partial charge is 0.251 e. The molecule has 9 nitrogen and oxygen atoms in total. The van der Waals surface area contributed by atoms with Crippen molar-refractivity contribution in [1.82, 2.24) is 10.0 Å². The van der Waals surface area contributed by atoms with Gasteiger partial charge >= 0.3 is 0 Å². The predicted molar refractivity (Wildman–Crippen MR) is 122 cm³/mol. The van der Waals surface area contributed by atoms with E-state index < -0.39 is 27.6 Å². The van der Waals surface area contributed by atoms with Crippen molar-refractivity contribution < 1.29 is 27.5 Å². The van der Waals surface area contributed by atoms with Crippen LogP contribution in [0.1, 0.15) is 49.9 Å². The number of amides is 2. The minimum atomic E-state index is -3.64. The number of hydrogen-bond donors (Lipinski definition) is 3. The average Bonchev–Trinajstić information content (AvgIpc) is 3.36. The second-order valence-electron chi connectivity index (χ2n) is 8.51. The lowest BCUT2D eigenvalue weighted by atomic mass is 10.2. The van der Waals surface area contributed by atoms with Crippen LogP contribution in [0.25, 0.3) is 0 Å². The summed E-state index contributed by atoms with van der Waals surface area (Å²) >= 11 is 0. The van der Waals surface area contributed by atoms with Crippen LogP contribution >= 0.6 is 0 Å². The van der Waals surface area contributed by atoms with Crippen LogP contribution in [0.2, 0.25) is 0 Å². The maximum Gasteiger partial charge on any atom is 0.251 e. The molecule has 33 heavy (non-hydrogen) atoms. The molecule has 3 N–H and O–H groups in total. The first-order chi connectivity index (χ1) is 15.7. The third-order valence-corrected chi connectivity index (χ3v) is 7.09. The van der Waals surface area contributed by atoms with E-state index in [1.165, 1.54) is 24.3 Å². The number of sulfonamides is 1. The van der Waals surface area contributed by atoms with E-state index >= 15 is 0 Å². The second kappa shape index (κ2) is 9.03. The van der Waals surface area contributed by atoms with Gasteiger partial charge in [0.1, 0.15) is 0 Å². The van der Waals surface area contributed by atoms with Crippen LogP contribution in [0.15, 0.2) is 47.4 Å². The maximum absolute atomic E-state index is 12.3. The molecule has 1 spiro atoms. The van der Waals surface area contributed by atoms with Crippen LogP contribution in [-0.2, 0) is 14.8 Å². The molecule has 176 valence electrons. The maximum atomic E-state index is 12.3. The summed E-state index contributed by atoms with van der Waals surface area (Å²) in [6, 6.07) is 10.5. The summed E-state index contributed by atoms with van der Waals surface area (Å²) in [5, 5.41) is 5.26. The molecule has 2 amide bonds. The van der Waals surface area contributed by atoms with Crippen LogP contribution in [-0.4, -0.2) is 38.6 Å². The third kappa shape index (κ3) is 5.28. The summed E-state index contributed by atoms with van der Waals surface area (Å²) < 4.78 is 38.8. The first kappa shape index (κ1) is 23.1. The van der Waals surface area contributed by atoms with Crippen molar-refractivity contribution >= 4 is 27.5 Å². The number of rotatable bonds is 7. The summed E-state index contributed by atoms with van der Waals surface area (Å²) in [6.45, 7) is 3.20. The quantitative estimate of drug-likeness (QED) is 0.568. The van der Waals surface area contributed by atoms with E-state index in [-0.39, 0.29) is 23.0 Å². The number of carbonyl (C=O) groups excluding carboxylic acids is 2. The minimum absolute atomic E-state index is 0.0627. The Morgan fingerprint density at radius 3 is 2.33 bits per heavy atom. The standard InChI is InChI=1S/C23H27N3O6S/c1-15(2)26-33(29,30)18-8-5-16(6-9-18)22(28)24-14-21(27)25-17-7-10-19-20(13-17)32-23(31-19)11-3-4-12-23/h5-10,13,15,26H,3-4,11-12,14H2,1-2H3,(H,24,28)(H,25,27). The van der Waals surface area contributed by atoms with Crippen molar-refractivity contribution in [2.24, 2.45) is 0 Å². The minimum Gasteiger partial charge on any atom is -0.448 e. The van der Waals surface area contributed by atoms with Crippen molar-refractivity contribution in [3.05, 3.63) is 48.0 Å². The van der Waals surface area contributed by atoms with Gasteiger partial charge in [0.2, 0.25) is 15.9 Å². The molecule has 0 atom stereocenters. The molecule has 4 rings (SSSR count). The van der Waals surface area contributed by atoms with Gasteiger partial charge < -0.3 is 20.1 Å². The Balaban J connectivity index is 1.30. The van der Waals surface area contributed by atoms with Gasteiger partial charge in [-0.25, -0.2) is 13.1 Å². The van der Waals surface area contributed by atoms with E-state index in [4.69, 9.17) is 9.47 Å². The van der Waals surface area contributed by atoms with Crippen molar-refractivity contribution in [1.29, 1.82) is 0 Å². The summed E-state index contributed by atoms with van der Waals surface area (Å²) in [6.07, 6.45) is 3.81. The van der Waals surface area contributed by atoms with Gasteiger partial charge in [0.25, 0.3) is 11.7 Å². The van der Waals surface area contributed by atoms with Crippen molar-refractivity contribution in [2.75, 3.05) is 11.9 Å². The van der Waals surface area contributed by atoms with Gasteiger partial charge in [0.05, 0.1) is 11.4 Å². The highest BCUT2D eigenvalue weighted by atomic mass is 32.2. The Hall–Kier alpha value is -3.11. The molecule has 2 aliphatic rings. The first-order valence-electron chi connectivity index (χ1n) is 10.9. The van der Waals surface area contributed by atoms with E-state index in [0.29, 0.717) is 17.2 Å². The lowest BCUT2D eigenvalue weighted by molar-refractivity contribution is -0.115. The van der Waals surface area contributed by atoms with Gasteiger partial charge in [-0.05, 0) is 63.1 Å². The van der Waals surface area contributed by atoms with Gasteiger partial charge in [-0.2, -0.15) is 0 Å². The van der Waals surface area contributed by atoms with Crippen molar-refractivity contribution in [2.45, 2.75) is 56.3 Å². The number of hydrogen-bond acceptors (Lipinski definition) is 6. The molecule has 2 aromatic rings. The second-order valence-corrected chi connectivity index (χ2v) is 10.2. The number of anilines is 1. The highest BCUT2D eigenvalue weighted by Gasteiger charge is 2.44. The van der Waals surface area contributed by atoms with Crippen molar-refractivity contribution in [3.63, 3.8) is 0 Å². The van der Waals surface area contributed by atoms with E-state index in [1.807, 2.05) is 0 Å². The Morgan fingerprint density at radius 1 is 1.00 bits per heavy atom. The molecule has 1 aliphatic heterocycles. The Bertz CT molecular complexity index is 1160. The van der Waals surface area contributed by atoms with Gasteiger partial charge in [-0.1, -0.05) is 0 Å². The number of carbonyl (C=O) groups is 2. The Morgan fingerprint density at radius 2 is 1.67 bits per heavy atom. The van der Waals surface area contributed by atoms with E-state index in [9.17, 15) is 18.0 Å².